The molecule has 2 aliphatic rings. The molecule has 4 aromatic carbocycles. The summed E-state index contributed by atoms with van der Waals surface area (Å²) >= 11 is 0. The molecule has 0 spiro atoms. The van der Waals surface area contributed by atoms with Gasteiger partial charge < -0.3 is 29.2 Å². The molecule has 2 N–H and O–H groups in total. The summed E-state index contributed by atoms with van der Waals surface area (Å²) in [6.07, 6.45) is 3.42. The van der Waals surface area contributed by atoms with Gasteiger partial charge in [-0.25, -0.2) is 0 Å². The van der Waals surface area contributed by atoms with Crippen LogP contribution >= 0.6 is 0 Å². The molecule has 0 bridgehead atoms. The van der Waals surface area contributed by atoms with Crippen LogP contribution in [0.2, 0.25) is 0 Å². The van der Waals surface area contributed by atoms with Crippen molar-refractivity contribution in [2.45, 2.75) is 44.7 Å². The Morgan fingerprint density at radius 1 is 0.674 bits per heavy atom. The second-order valence-electron chi connectivity index (χ2n) is 12.5. The minimum atomic E-state index is 0.100. The first-order chi connectivity index (χ1) is 22.2. The fourth-order valence-corrected chi connectivity index (χ4v) is 7.16. The predicted octanol–water partition coefficient (Wildman–Crippen LogP) is 6.77. The monoisotopic (exact) mass is 624 g/mol. The van der Waals surface area contributed by atoms with Crippen molar-refractivity contribution in [1.29, 1.82) is 0 Å². The molecule has 4 aromatic rings. The van der Waals surface area contributed by atoms with E-state index in [0.29, 0.717) is 17.2 Å². The molecule has 0 aromatic heterocycles. The Hall–Kier alpha value is -4.40. The number of phenolic OH excluding ortho intramolecular Hbond substituents is 2. The van der Waals surface area contributed by atoms with Crippen LogP contribution in [0.15, 0.2) is 60.7 Å². The van der Waals surface area contributed by atoms with Crippen molar-refractivity contribution in [2.24, 2.45) is 0 Å². The topological polar surface area (TPSA) is 83.9 Å². The molecule has 0 unspecified atom stereocenters. The van der Waals surface area contributed by atoms with Gasteiger partial charge >= 0.3 is 0 Å². The summed E-state index contributed by atoms with van der Waals surface area (Å²) in [6.45, 7) is 3.98. The minimum absolute atomic E-state index is 0.100. The maximum Gasteiger partial charge on any atom is 0.169 e. The Bertz CT molecular complexity index is 1720. The zero-order valence-corrected chi connectivity index (χ0v) is 27.6. The zero-order valence-electron chi connectivity index (χ0n) is 27.6. The summed E-state index contributed by atoms with van der Waals surface area (Å²) in [5.41, 5.74) is 8.24. The maximum absolute atomic E-state index is 10.7. The van der Waals surface area contributed by atoms with Crippen molar-refractivity contribution < 1.29 is 29.2 Å². The number of nitrogens with zero attached hydrogens (tertiary/aromatic N) is 2. The lowest BCUT2D eigenvalue weighted by Crippen LogP contribution is -2.34. The smallest absolute Gasteiger partial charge is 0.169 e. The first-order valence-electron chi connectivity index (χ1n) is 15.8. The van der Waals surface area contributed by atoms with Crippen molar-refractivity contribution in [3.05, 3.63) is 99.6 Å². The summed E-state index contributed by atoms with van der Waals surface area (Å²) in [5, 5.41) is 21.2. The lowest BCUT2D eigenvalue weighted by atomic mass is 9.85. The number of hydrogen-bond acceptors (Lipinski definition) is 8. The van der Waals surface area contributed by atoms with E-state index in [1.54, 1.807) is 27.4 Å². The molecule has 0 aliphatic carbocycles. The van der Waals surface area contributed by atoms with Crippen molar-refractivity contribution in [3.63, 3.8) is 0 Å². The third kappa shape index (κ3) is 6.07. The summed E-state index contributed by atoms with van der Waals surface area (Å²) in [6, 6.07) is 19.9. The number of hydrogen-bond donors (Lipinski definition) is 2. The Morgan fingerprint density at radius 3 is 2.00 bits per heavy atom. The summed E-state index contributed by atoms with van der Waals surface area (Å²) < 4.78 is 22.9. The zero-order chi connectivity index (χ0) is 32.5. The van der Waals surface area contributed by atoms with Gasteiger partial charge in [-0.15, -0.1) is 0 Å². The van der Waals surface area contributed by atoms with Gasteiger partial charge in [0.1, 0.15) is 5.75 Å². The van der Waals surface area contributed by atoms with Crippen LogP contribution in [-0.4, -0.2) is 68.5 Å². The van der Waals surface area contributed by atoms with Crippen LogP contribution in [0, 0.1) is 6.92 Å². The summed E-state index contributed by atoms with van der Waals surface area (Å²) in [7, 11) is 9.23. The molecule has 8 nitrogen and oxygen atoms in total. The van der Waals surface area contributed by atoms with Gasteiger partial charge in [0, 0.05) is 25.2 Å². The quantitative estimate of drug-likeness (QED) is 0.211. The molecule has 46 heavy (non-hydrogen) atoms. The Kier molecular flexibility index (Phi) is 9.02. The van der Waals surface area contributed by atoms with E-state index in [2.05, 4.69) is 49.0 Å². The molecule has 2 aliphatic heterocycles. The molecule has 0 radical (unpaired) electrons. The van der Waals surface area contributed by atoms with E-state index in [0.717, 1.165) is 72.5 Å². The number of likely N-dealkylation sites (N-methyl/N-ethyl adjacent to an activating group) is 2. The molecule has 242 valence electrons. The van der Waals surface area contributed by atoms with Crippen molar-refractivity contribution in [3.8, 4) is 40.2 Å². The molecule has 8 heteroatoms. The van der Waals surface area contributed by atoms with Gasteiger partial charge in [0.05, 0.1) is 21.3 Å². The van der Waals surface area contributed by atoms with Gasteiger partial charge in [-0.2, -0.15) is 0 Å². The molecule has 2 atom stereocenters. The minimum Gasteiger partial charge on any atom is -0.504 e. The Labute approximate surface area is 271 Å². The van der Waals surface area contributed by atoms with Crippen LogP contribution in [0.4, 0.5) is 0 Å². The number of benzene rings is 4. The molecule has 0 saturated carbocycles. The molecular weight excluding hydrogens is 580 g/mol. The van der Waals surface area contributed by atoms with E-state index < -0.39 is 0 Å². The largest absolute Gasteiger partial charge is 0.504 e. The number of fused-ring (bicyclic) bond motifs is 2. The second-order valence-corrected chi connectivity index (χ2v) is 12.5. The lowest BCUT2D eigenvalue weighted by Gasteiger charge is -2.37. The van der Waals surface area contributed by atoms with E-state index in [1.807, 2.05) is 36.4 Å². The fraction of sp³-hybridized carbons (Fsp3) is 0.368. The van der Waals surface area contributed by atoms with Crippen molar-refractivity contribution >= 4 is 0 Å². The van der Waals surface area contributed by atoms with Crippen LogP contribution in [0.25, 0.3) is 0 Å². The highest BCUT2D eigenvalue weighted by molar-refractivity contribution is 5.56. The third-order valence-electron chi connectivity index (χ3n) is 9.74. The lowest BCUT2D eigenvalue weighted by molar-refractivity contribution is 0.226. The van der Waals surface area contributed by atoms with Gasteiger partial charge in [-0.3, -0.25) is 9.80 Å². The van der Waals surface area contributed by atoms with Crippen LogP contribution < -0.4 is 18.9 Å². The summed E-state index contributed by atoms with van der Waals surface area (Å²) in [5.74, 6) is 3.41. The van der Waals surface area contributed by atoms with E-state index in [-0.39, 0.29) is 23.6 Å². The Morgan fingerprint density at radius 2 is 1.30 bits per heavy atom. The molecule has 0 saturated heterocycles. The third-order valence-corrected chi connectivity index (χ3v) is 9.74. The van der Waals surface area contributed by atoms with Crippen LogP contribution in [-0.2, 0) is 25.7 Å². The number of aromatic hydroxyl groups is 2. The molecule has 6 rings (SSSR count). The van der Waals surface area contributed by atoms with Gasteiger partial charge in [0.2, 0.25) is 0 Å². The number of methoxy groups -OCH3 is 3. The van der Waals surface area contributed by atoms with Gasteiger partial charge in [0.15, 0.2) is 34.5 Å². The molecule has 0 amide bonds. The maximum atomic E-state index is 10.7. The van der Waals surface area contributed by atoms with Crippen LogP contribution in [0.5, 0.6) is 40.2 Å². The van der Waals surface area contributed by atoms with Gasteiger partial charge in [-0.05, 0) is 128 Å². The average molecular weight is 625 g/mol. The van der Waals surface area contributed by atoms with E-state index in [4.69, 9.17) is 18.9 Å². The normalized spacial score (nSPS) is 18.0. The van der Waals surface area contributed by atoms with Gasteiger partial charge in [-0.1, -0.05) is 18.2 Å². The predicted molar refractivity (Wildman–Crippen MR) is 179 cm³/mol. The highest BCUT2D eigenvalue weighted by atomic mass is 16.5. The van der Waals surface area contributed by atoms with Crippen LogP contribution in [0.3, 0.4) is 0 Å². The second kappa shape index (κ2) is 13.1. The molecular formula is C38H44N2O6. The van der Waals surface area contributed by atoms with Crippen molar-refractivity contribution in [1.82, 2.24) is 9.80 Å². The molecule has 2 heterocycles. The first kappa shape index (κ1) is 31.6. The highest BCUT2D eigenvalue weighted by Crippen LogP contribution is 2.44. The highest BCUT2D eigenvalue weighted by Gasteiger charge is 2.30. The van der Waals surface area contributed by atoms with E-state index >= 15 is 0 Å². The molecule has 0 fully saturated rings. The van der Waals surface area contributed by atoms with Crippen molar-refractivity contribution in [2.75, 3.05) is 48.5 Å². The number of ether oxygens (including phenoxy) is 4. The van der Waals surface area contributed by atoms with E-state index in [1.165, 1.54) is 16.7 Å². The number of rotatable bonds is 9. The standard InChI is InChI=1S/C38H44N2O6/c1-23-37-27(21-36(44-5)38(23)45-6)14-16-40(3)31(37)18-25-9-12-32(41)35(19-25)46-28-10-7-24(8-11-28)17-30-29-22-33(42)34(43-4)20-26(29)13-15-39(30)2/h7-12,19-22,30-31,41-42H,13-18H2,1-6H3/t30-,31+/m0/s1. The Balaban J connectivity index is 1.19. The first-order valence-corrected chi connectivity index (χ1v) is 15.8. The summed E-state index contributed by atoms with van der Waals surface area (Å²) in [4.78, 5) is 4.71. The SMILES string of the molecule is COc1cc2c(cc1O)[C@H](Cc1ccc(Oc3cc(C[C@@H]4c5c(cc(OC)c(OC)c5C)CCN4C)ccc3O)cc1)N(C)CC2. The van der Waals surface area contributed by atoms with Crippen LogP contribution in [0.1, 0.15) is 51.0 Å². The van der Waals surface area contributed by atoms with E-state index in [9.17, 15) is 10.2 Å². The van der Waals surface area contributed by atoms with Gasteiger partial charge in [0.25, 0.3) is 0 Å². The fourth-order valence-electron chi connectivity index (χ4n) is 7.16. The number of phenols is 2. The average Bonchev–Trinajstić information content (AvgIpc) is 3.05.